The second-order valence-electron chi connectivity index (χ2n) is 4.85. The van der Waals surface area contributed by atoms with Crippen LogP contribution in [0.15, 0.2) is 42.5 Å². The van der Waals surface area contributed by atoms with E-state index in [0.717, 1.165) is 23.5 Å². The summed E-state index contributed by atoms with van der Waals surface area (Å²) in [6.07, 6.45) is 1.36. The molecule has 0 aliphatic carbocycles. The van der Waals surface area contributed by atoms with Gasteiger partial charge >= 0.3 is 0 Å². The smallest absolute Gasteiger partial charge is 0.224 e. The van der Waals surface area contributed by atoms with Gasteiger partial charge in [-0.15, -0.1) is 0 Å². The number of rotatable bonds is 6. The second-order valence-corrected chi connectivity index (χ2v) is 5.28. The number of anilines is 3. The van der Waals surface area contributed by atoms with Gasteiger partial charge in [0.1, 0.15) is 5.75 Å². The van der Waals surface area contributed by atoms with Crippen LogP contribution in [0.3, 0.4) is 0 Å². The molecule has 0 fully saturated rings. The van der Waals surface area contributed by atoms with Crippen LogP contribution in [0.5, 0.6) is 5.75 Å². The van der Waals surface area contributed by atoms with Crippen molar-refractivity contribution < 1.29 is 9.53 Å². The van der Waals surface area contributed by atoms with E-state index in [9.17, 15) is 4.79 Å². The van der Waals surface area contributed by atoms with Crippen LogP contribution in [0.25, 0.3) is 0 Å². The van der Waals surface area contributed by atoms with Crippen LogP contribution in [0, 0.1) is 0 Å². The van der Waals surface area contributed by atoms with E-state index in [4.69, 9.17) is 16.3 Å². The van der Waals surface area contributed by atoms with E-state index in [1.54, 1.807) is 19.2 Å². The summed E-state index contributed by atoms with van der Waals surface area (Å²) in [6.45, 7) is 1.98. The van der Waals surface area contributed by atoms with Crippen molar-refractivity contribution in [3.63, 3.8) is 0 Å². The number of methoxy groups -OCH3 is 1. The molecule has 5 heteroatoms. The molecule has 0 saturated carbocycles. The Morgan fingerprint density at radius 1 is 1.14 bits per heavy atom. The van der Waals surface area contributed by atoms with Gasteiger partial charge in [-0.25, -0.2) is 0 Å². The highest BCUT2D eigenvalue weighted by atomic mass is 35.5. The van der Waals surface area contributed by atoms with Crippen molar-refractivity contribution in [3.8, 4) is 5.75 Å². The van der Waals surface area contributed by atoms with Crippen molar-refractivity contribution >= 4 is 34.6 Å². The Kier molecular flexibility index (Phi) is 5.67. The van der Waals surface area contributed by atoms with Gasteiger partial charge in [0.15, 0.2) is 0 Å². The Morgan fingerprint density at radius 3 is 2.45 bits per heavy atom. The lowest BCUT2D eigenvalue weighted by molar-refractivity contribution is -0.116. The van der Waals surface area contributed by atoms with Crippen molar-refractivity contribution in [2.45, 2.75) is 19.8 Å². The normalized spacial score (nSPS) is 10.1. The van der Waals surface area contributed by atoms with E-state index < -0.39 is 0 Å². The molecule has 2 N–H and O–H groups in total. The molecular weight excluding hydrogens is 300 g/mol. The molecule has 4 nitrogen and oxygen atoms in total. The number of hydrogen-bond acceptors (Lipinski definition) is 3. The molecule has 0 aromatic heterocycles. The molecule has 116 valence electrons. The zero-order chi connectivity index (χ0) is 15.9. The topological polar surface area (TPSA) is 50.4 Å². The Labute approximate surface area is 135 Å². The van der Waals surface area contributed by atoms with Crippen molar-refractivity contribution in [1.29, 1.82) is 0 Å². The predicted molar refractivity (Wildman–Crippen MR) is 91.3 cm³/mol. The van der Waals surface area contributed by atoms with E-state index in [1.165, 1.54) is 0 Å². The molecule has 1 amide bonds. The molecule has 2 rings (SSSR count). The average Bonchev–Trinajstić information content (AvgIpc) is 2.50. The summed E-state index contributed by atoms with van der Waals surface area (Å²) in [5, 5.41) is 6.73. The SMILES string of the molecule is CCCC(=O)Nc1ccc(Nc2cc(Cl)ccc2OC)cc1. The largest absolute Gasteiger partial charge is 0.495 e. The zero-order valence-corrected chi connectivity index (χ0v) is 13.4. The van der Waals surface area contributed by atoms with Gasteiger partial charge < -0.3 is 15.4 Å². The summed E-state index contributed by atoms with van der Waals surface area (Å²) in [4.78, 5) is 11.6. The van der Waals surface area contributed by atoms with Gasteiger partial charge in [-0.05, 0) is 48.9 Å². The molecule has 0 saturated heterocycles. The molecule has 0 radical (unpaired) electrons. The van der Waals surface area contributed by atoms with Crippen molar-refractivity contribution in [2.24, 2.45) is 0 Å². The lowest BCUT2D eigenvalue weighted by Gasteiger charge is -2.12. The fraction of sp³-hybridized carbons (Fsp3) is 0.235. The first kappa shape index (κ1) is 16.2. The molecule has 22 heavy (non-hydrogen) atoms. The minimum absolute atomic E-state index is 0.0275. The van der Waals surface area contributed by atoms with Gasteiger partial charge in [-0.2, -0.15) is 0 Å². The summed E-state index contributed by atoms with van der Waals surface area (Å²) in [5.41, 5.74) is 2.45. The number of benzene rings is 2. The van der Waals surface area contributed by atoms with Crippen molar-refractivity contribution in [3.05, 3.63) is 47.5 Å². The lowest BCUT2D eigenvalue weighted by atomic mass is 10.2. The number of carbonyl (C=O) groups is 1. The Balaban J connectivity index is 2.08. The molecule has 0 spiro atoms. The van der Waals surface area contributed by atoms with E-state index in [-0.39, 0.29) is 5.91 Å². The van der Waals surface area contributed by atoms with Crippen LogP contribution in [0.2, 0.25) is 5.02 Å². The third kappa shape index (κ3) is 4.40. The summed E-state index contributed by atoms with van der Waals surface area (Å²) in [6, 6.07) is 12.9. The van der Waals surface area contributed by atoms with Gasteiger partial charge in [-0.1, -0.05) is 18.5 Å². The molecular formula is C17H19ClN2O2. The van der Waals surface area contributed by atoms with Crippen LogP contribution >= 0.6 is 11.6 Å². The Hall–Kier alpha value is -2.20. The molecule has 2 aromatic carbocycles. The molecule has 0 unspecified atom stereocenters. The number of nitrogens with one attached hydrogen (secondary N) is 2. The first-order valence-electron chi connectivity index (χ1n) is 7.13. The number of ether oxygens (including phenoxy) is 1. The van der Waals surface area contributed by atoms with E-state index in [2.05, 4.69) is 10.6 Å². The van der Waals surface area contributed by atoms with Crippen LogP contribution in [-0.4, -0.2) is 13.0 Å². The number of halogens is 1. The third-order valence-electron chi connectivity index (χ3n) is 3.09. The van der Waals surface area contributed by atoms with E-state index in [0.29, 0.717) is 17.2 Å². The molecule has 0 aliphatic heterocycles. The second kappa shape index (κ2) is 7.71. The van der Waals surface area contributed by atoms with Crippen LogP contribution in [0.1, 0.15) is 19.8 Å². The maximum atomic E-state index is 11.6. The first-order chi connectivity index (χ1) is 10.6. The Morgan fingerprint density at radius 2 is 1.82 bits per heavy atom. The highest BCUT2D eigenvalue weighted by Crippen LogP contribution is 2.30. The zero-order valence-electron chi connectivity index (χ0n) is 12.7. The first-order valence-corrected chi connectivity index (χ1v) is 7.50. The molecule has 0 bridgehead atoms. The summed E-state index contributed by atoms with van der Waals surface area (Å²) in [7, 11) is 1.61. The van der Waals surface area contributed by atoms with Gasteiger partial charge in [0.2, 0.25) is 5.91 Å². The fourth-order valence-corrected chi connectivity index (χ4v) is 2.19. The lowest BCUT2D eigenvalue weighted by Crippen LogP contribution is -2.10. The number of carbonyl (C=O) groups excluding carboxylic acids is 1. The summed E-state index contributed by atoms with van der Waals surface area (Å²) in [5.74, 6) is 0.740. The highest BCUT2D eigenvalue weighted by Gasteiger charge is 2.05. The fourth-order valence-electron chi connectivity index (χ4n) is 2.02. The average molecular weight is 319 g/mol. The summed E-state index contributed by atoms with van der Waals surface area (Å²) >= 11 is 6.01. The minimum Gasteiger partial charge on any atom is -0.495 e. The van der Waals surface area contributed by atoms with Crippen LogP contribution in [-0.2, 0) is 4.79 Å². The van der Waals surface area contributed by atoms with E-state index in [1.807, 2.05) is 37.3 Å². The minimum atomic E-state index is 0.0275. The molecule has 0 atom stereocenters. The highest BCUT2D eigenvalue weighted by molar-refractivity contribution is 6.31. The number of hydrogen-bond donors (Lipinski definition) is 2. The van der Waals surface area contributed by atoms with Crippen molar-refractivity contribution in [2.75, 3.05) is 17.7 Å². The number of amides is 1. The Bertz CT molecular complexity index is 642. The summed E-state index contributed by atoms with van der Waals surface area (Å²) < 4.78 is 5.30. The molecule has 0 aliphatic rings. The third-order valence-corrected chi connectivity index (χ3v) is 3.32. The quantitative estimate of drug-likeness (QED) is 0.802. The predicted octanol–water partition coefficient (Wildman–Crippen LogP) is 4.83. The van der Waals surface area contributed by atoms with Crippen molar-refractivity contribution in [1.82, 2.24) is 0 Å². The maximum absolute atomic E-state index is 11.6. The molecule has 0 heterocycles. The van der Waals surface area contributed by atoms with Gasteiger partial charge in [0.25, 0.3) is 0 Å². The van der Waals surface area contributed by atoms with Gasteiger partial charge in [0, 0.05) is 22.8 Å². The van der Waals surface area contributed by atoms with Crippen LogP contribution in [0.4, 0.5) is 17.1 Å². The van der Waals surface area contributed by atoms with Crippen LogP contribution < -0.4 is 15.4 Å². The standard InChI is InChI=1S/C17H19ClN2O2/c1-3-4-17(21)20-14-8-6-13(7-9-14)19-15-11-12(18)5-10-16(15)22-2/h5-11,19H,3-4H2,1-2H3,(H,20,21). The maximum Gasteiger partial charge on any atom is 0.224 e. The van der Waals surface area contributed by atoms with E-state index >= 15 is 0 Å². The van der Waals surface area contributed by atoms with Gasteiger partial charge in [0.05, 0.1) is 12.8 Å². The molecule has 2 aromatic rings. The monoisotopic (exact) mass is 318 g/mol. The van der Waals surface area contributed by atoms with Gasteiger partial charge in [-0.3, -0.25) is 4.79 Å².